The summed E-state index contributed by atoms with van der Waals surface area (Å²) >= 11 is 3.40. The second-order valence-electron chi connectivity index (χ2n) is 4.83. The first-order valence-electron chi connectivity index (χ1n) is 6.43. The summed E-state index contributed by atoms with van der Waals surface area (Å²) in [6, 6.07) is 6.13. The molecule has 4 nitrogen and oxygen atoms in total. The minimum Gasteiger partial charge on any atom is -0.496 e. The van der Waals surface area contributed by atoms with E-state index in [1.807, 2.05) is 23.1 Å². The van der Waals surface area contributed by atoms with Crippen LogP contribution < -0.4 is 10.1 Å². The van der Waals surface area contributed by atoms with Crippen molar-refractivity contribution >= 4 is 21.8 Å². The molecule has 1 aromatic rings. The van der Waals surface area contributed by atoms with Crippen LogP contribution in [0.2, 0.25) is 0 Å². The average molecular weight is 327 g/mol. The van der Waals surface area contributed by atoms with E-state index in [9.17, 15) is 4.79 Å². The number of hydrogen-bond acceptors (Lipinski definition) is 3. The van der Waals surface area contributed by atoms with Crippen molar-refractivity contribution in [2.45, 2.75) is 19.4 Å². The molecule has 0 spiro atoms. The number of carbonyl (C=O) groups is 1. The minimum atomic E-state index is 0.161. The van der Waals surface area contributed by atoms with Crippen molar-refractivity contribution < 1.29 is 9.53 Å². The first-order chi connectivity index (χ1) is 9.10. The zero-order chi connectivity index (χ0) is 13.8. The molecule has 1 amide bonds. The fraction of sp³-hybridized carbons (Fsp3) is 0.500. The third-order valence-corrected chi connectivity index (χ3v) is 3.81. The summed E-state index contributed by atoms with van der Waals surface area (Å²) in [4.78, 5) is 14.2. The molecule has 1 heterocycles. The Bertz CT molecular complexity index is 465. The minimum absolute atomic E-state index is 0.161. The molecule has 1 saturated heterocycles. The van der Waals surface area contributed by atoms with Gasteiger partial charge in [0.25, 0.3) is 0 Å². The maximum atomic E-state index is 12.3. The van der Waals surface area contributed by atoms with Gasteiger partial charge in [-0.15, -0.1) is 0 Å². The summed E-state index contributed by atoms with van der Waals surface area (Å²) in [6.45, 7) is 4.52. The molecule has 0 bridgehead atoms. The van der Waals surface area contributed by atoms with Crippen LogP contribution in [0.4, 0.5) is 0 Å². The topological polar surface area (TPSA) is 41.6 Å². The maximum absolute atomic E-state index is 12.3. The van der Waals surface area contributed by atoms with Gasteiger partial charge in [-0.05, 0) is 19.1 Å². The molecule has 5 heteroatoms. The van der Waals surface area contributed by atoms with Crippen molar-refractivity contribution in [1.29, 1.82) is 0 Å². The van der Waals surface area contributed by atoms with Crippen molar-refractivity contribution in [3.05, 3.63) is 28.2 Å². The number of nitrogens with zero attached hydrogens (tertiary/aromatic N) is 1. The highest BCUT2D eigenvalue weighted by atomic mass is 79.9. The third-order valence-electron chi connectivity index (χ3n) is 3.31. The molecule has 1 N–H and O–H groups in total. The van der Waals surface area contributed by atoms with Crippen molar-refractivity contribution in [2.75, 3.05) is 26.7 Å². The number of hydrogen-bond donors (Lipinski definition) is 1. The van der Waals surface area contributed by atoms with Crippen LogP contribution in [-0.4, -0.2) is 43.6 Å². The number of nitrogens with one attached hydrogen (secondary N) is 1. The molecule has 1 atom stereocenters. The molecule has 19 heavy (non-hydrogen) atoms. The van der Waals surface area contributed by atoms with E-state index in [-0.39, 0.29) is 5.91 Å². The number of halogens is 1. The molecule has 0 radical (unpaired) electrons. The molecular formula is C14H19BrN2O2. The standard InChI is InChI=1S/C14H19BrN2O2/c1-10-9-17(6-5-16-10)14(18)7-11-3-4-12(15)8-13(11)19-2/h3-4,8,10,16H,5-7,9H2,1-2H3/t10-/m1/s1. The number of carbonyl (C=O) groups excluding carboxylic acids is 1. The van der Waals surface area contributed by atoms with E-state index in [0.29, 0.717) is 12.5 Å². The van der Waals surface area contributed by atoms with Gasteiger partial charge >= 0.3 is 0 Å². The van der Waals surface area contributed by atoms with Gasteiger partial charge in [0.2, 0.25) is 5.91 Å². The number of ether oxygens (including phenoxy) is 1. The Morgan fingerprint density at radius 3 is 3.05 bits per heavy atom. The first-order valence-corrected chi connectivity index (χ1v) is 7.23. The van der Waals surface area contributed by atoms with Crippen molar-refractivity contribution in [2.24, 2.45) is 0 Å². The van der Waals surface area contributed by atoms with Gasteiger partial charge in [-0.25, -0.2) is 0 Å². The zero-order valence-corrected chi connectivity index (χ0v) is 12.9. The summed E-state index contributed by atoms with van der Waals surface area (Å²) in [5, 5.41) is 3.34. The first kappa shape index (κ1) is 14.3. The largest absolute Gasteiger partial charge is 0.496 e. The Morgan fingerprint density at radius 1 is 1.58 bits per heavy atom. The molecule has 0 aliphatic carbocycles. The van der Waals surface area contributed by atoms with E-state index in [1.54, 1.807) is 7.11 Å². The van der Waals surface area contributed by atoms with Gasteiger partial charge in [-0.2, -0.15) is 0 Å². The van der Waals surface area contributed by atoms with Crippen molar-refractivity contribution in [3.63, 3.8) is 0 Å². The number of piperazine rings is 1. The Labute approximate surface area is 122 Å². The lowest BCUT2D eigenvalue weighted by molar-refractivity contribution is -0.131. The average Bonchev–Trinajstić information content (AvgIpc) is 2.40. The molecule has 2 rings (SSSR count). The Balaban J connectivity index is 2.06. The highest BCUT2D eigenvalue weighted by Gasteiger charge is 2.21. The zero-order valence-electron chi connectivity index (χ0n) is 11.3. The third kappa shape index (κ3) is 3.70. The van der Waals surface area contributed by atoms with Crippen LogP contribution in [0.5, 0.6) is 5.75 Å². The highest BCUT2D eigenvalue weighted by molar-refractivity contribution is 9.10. The van der Waals surface area contributed by atoms with Crippen molar-refractivity contribution in [3.8, 4) is 5.75 Å². The van der Waals surface area contributed by atoms with E-state index >= 15 is 0 Å². The second kappa shape index (κ2) is 6.39. The monoisotopic (exact) mass is 326 g/mol. The Morgan fingerprint density at radius 2 is 2.37 bits per heavy atom. The number of methoxy groups -OCH3 is 1. The second-order valence-corrected chi connectivity index (χ2v) is 5.74. The van der Waals surface area contributed by atoms with Gasteiger partial charge in [-0.3, -0.25) is 4.79 Å². The van der Waals surface area contributed by atoms with Crippen LogP contribution in [0.15, 0.2) is 22.7 Å². The lowest BCUT2D eigenvalue weighted by atomic mass is 10.1. The van der Waals surface area contributed by atoms with Crippen LogP contribution in [-0.2, 0) is 11.2 Å². The fourth-order valence-electron chi connectivity index (χ4n) is 2.30. The van der Waals surface area contributed by atoms with E-state index < -0.39 is 0 Å². The molecule has 1 fully saturated rings. The van der Waals surface area contributed by atoms with Crippen LogP contribution in [0.25, 0.3) is 0 Å². The Kier molecular flexibility index (Phi) is 4.82. The molecule has 0 saturated carbocycles. The van der Waals surface area contributed by atoms with E-state index in [4.69, 9.17) is 4.74 Å². The van der Waals surface area contributed by atoms with Crippen LogP contribution in [0.3, 0.4) is 0 Å². The highest BCUT2D eigenvalue weighted by Crippen LogP contribution is 2.24. The lowest BCUT2D eigenvalue weighted by Gasteiger charge is -2.32. The summed E-state index contributed by atoms with van der Waals surface area (Å²) < 4.78 is 6.28. The number of benzene rings is 1. The van der Waals surface area contributed by atoms with Gasteiger partial charge in [-0.1, -0.05) is 22.0 Å². The summed E-state index contributed by atoms with van der Waals surface area (Å²) in [5.74, 6) is 0.917. The normalized spacial score (nSPS) is 19.3. The molecule has 0 unspecified atom stereocenters. The lowest BCUT2D eigenvalue weighted by Crippen LogP contribution is -2.51. The van der Waals surface area contributed by atoms with Gasteiger partial charge in [0.05, 0.1) is 13.5 Å². The van der Waals surface area contributed by atoms with Crippen LogP contribution in [0.1, 0.15) is 12.5 Å². The molecular weight excluding hydrogens is 308 g/mol. The van der Waals surface area contributed by atoms with Gasteiger partial charge in [0.15, 0.2) is 0 Å². The smallest absolute Gasteiger partial charge is 0.227 e. The molecule has 0 aromatic heterocycles. The predicted molar refractivity (Wildman–Crippen MR) is 78.4 cm³/mol. The molecule has 1 aliphatic rings. The predicted octanol–water partition coefficient (Wildman–Crippen LogP) is 1.82. The van der Waals surface area contributed by atoms with E-state index in [2.05, 4.69) is 28.2 Å². The van der Waals surface area contributed by atoms with Crippen LogP contribution >= 0.6 is 15.9 Å². The summed E-state index contributed by atoms with van der Waals surface area (Å²) in [7, 11) is 1.63. The van der Waals surface area contributed by atoms with Gasteiger partial charge < -0.3 is 15.0 Å². The molecule has 1 aromatic carbocycles. The SMILES string of the molecule is COc1cc(Br)ccc1CC(=O)N1CCN[C@H](C)C1. The molecule has 104 valence electrons. The molecule has 1 aliphatic heterocycles. The fourth-order valence-corrected chi connectivity index (χ4v) is 2.64. The van der Waals surface area contributed by atoms with Gasteiger partial charge in [0, 0.05) is 35.7 Å². The summed E-state index contributed by atoms with van der Waals surface area (Å²) in [5.41, 5.74) is 0.932. The summed E-state index contributed by atoms with van der Waals surface area (Å²) in [6.07, 6.45) is 0.392. The van der Waals surface area contributed by atoms with Gasteiger partial charge in [0.1, 0.15) is 5.75 Å². The number of rotatable bonds is 3. The van der Waals surface area contributed by atoms with E-state index in [1.165, 1.54) is 0 Å². The maximum Gasteiger partial charge on any atom is 0.227 e. The quantitative estimate of drug-likeness (QED) is 0.921. The van der Waals surface area contributed by atoms with Crippen LogP contribution in [0, 0.1) is 0 Å². The van der Waals surface area contributed by atoms with E-state index in [0.717, 1.165) is 35.4 Å². The number of amides is 1. The van der Waals surface area contributed by atoms with Crippen molar-refractivity contribution in [1.82, 2.24) is 10.2 Å². The Hall–Kier alpha value is -1.07.